The van der Waals surface area contributed by atoms with E-state index in [1.807, 2.05) is 0 Å². The third-order valence-electron chi connectivity index (χ3n) is 5.39. The molecule has 3 rings (SSSR count). The van der Waals surface area contributed by atoms with E-state index in [9.17, 15) is 14.3 Å². The topological polar surface area (TPSA) is 55.8 Å². The molecular weight excluding hydrogens is 321 g/mol. The van der Waals surface area contributed by atoms with Crippen molar-refractivity contribution in [2.24, 2.45) is 0 Å². The monoisotopic (exact) mass is 349 g/mol. The zero-order valence-corrected chi connectivity index (χ0v) is 14.7. The lowest BCUT2D eigenvalue weighted by atomic mass is 10.1. The van der Waals surface area contributed by atoms with E-state index in [2.05, 4.69) is 15.1 Å². The molecule has 0 bridgehead atoms. The minimum atomic E-state index is -0.346. The number of nitrogens with zero attached hydrogens (tertiary/aromatic N) is 2. The molecule has 0 spiro atoms. The summed E-state index contributed by atoms with van der Waals surface area (Å²) < 4.78 is 13.2. The first-order valence-corrected chi connectivity index (χ1v) is 9.30. The van der Waals surface area contributed by atoms with Crippen molar-refractivity contribution in [2.75, 3.05) is 38.1 Å². The number of aliphatic hydroxyl groups is 1. The minimum Gasteiger partial charge on any atom is -0.395 e. The van der Waals surface area contributed by atoms with Crippen LogP contribution in [0.3, 0.4) is 0 Å². The normalized spacial score (nSPS) is 24.7. The van der Waals surface area contributed by atoms with Gasteiger partial charge in [0.25, 0.3) is 0 Å². The van der Waals surface area contributed by atoms with Gasteiger partial charge in [0.2, 0.25) is 5.91 Å². The number of hydrogen-bond donors (Lipinski definition) is 2. The van der Waals surface area contributed by atoms with Gasteiger partial charge in [0, 0.05) is 37.3 Å². The number of amides is 1. The van der Waals surface area contributed by atoms with Crippen LogP contribution >= 0.6 is 0 Å². The molecule has 2 atom stereocenters. The van der Waals surface area contributed by atoms with Gasteiger partial charge in [-0.3, -0.25) is 14.6 Å². The smallest absolute Gasteiger partial charge is 0.225 e. The van der Waals surface area contributed by atoms with E-state index in [1.165, 1.54) is 12.1 Å². The lowest BCUT2D eigenvalue weighted by Crippen LogP contribution is -2.44. The third kappa shape index (κ3) is 5.00. The van der Waals surface area contributed by atoms with Crippen LogP contribution in [0.15, 0.2) is 24.3 Å². The maximum absolute atomic E-state index is 13.2. The van der Waals surface area contributed by atoms with Crippen molar-refractivity contribution in [3.05, 3.63) is 30.1 Å². The Morgan fingerprint density at radius 3 is 2.72 bits per heavy atom. The molecule has 1 aromatic rings. The lowest BCUT2D eigenvalue weighted by Gasteiger charge is -2.31. The van der Waals surface area contributed by atoms with Crippen molar-refractivity contribution in [1.29, 1.82) is 0 Å². The molecule has 2 saturated heterocycles. The number of nitrogens with one attached hydrogen (secondary N) is 1. The Labute approximate surface area is 148 Å². The fourth-order valence-electron chi connectivity index (χ4n) is 4.04. The molecule has 1 aromatic carbocycles. The van der Waals surface area contributed by atoms with Gasteiger partial charge in [-0.05, 0) is 57.0 Å². The van der Waals surface area contributed by atoms with E-state index in [0.29, 0.717) is 24.2 Å². The van der Waals surface area contributed by atoms with Crippen molar-refractivity contribution in [2.45, 2.75) is 44.2 Å². The van der Waals surface area contributed by atoms with E-state index in [0.717, 1.165) is 51.9 Å². The summed E-state index contributed by atoms with van der Waals surface area (Å²) in [4.78, 5) is 16.9. The summed E-state index contributed by atoms with van der Waals surface area (Å²) in [6.07, 6.45) is 4.97. The Kier molecular flexibility index (Phi) is 6.39. The Bertz CT molecular complexity index is 584. The second kappa shape index (κ2) is 8.74. The number of halogens is 1. The molecule has 2 heterocycles. The molecule has 2 fully saturated rings. The summed E-state index contributed by atoms with van der Waals surface area (Å²) >= 11 is 0. The molecule has 0 aromatic heterocycles. The number of carbonyl (C=O) groups is 1. The Balaban J connectivity index is 1.46. The molecule has 2 unspecified atom stereocenters. The molecule has 5 nitrogen and oxygen atoms in total. The minimum absolute atomic E-state index is 0.0781. The second-order valence-electron chi connectivity index (χ2n) is 7.11. The lowest BCUT2D eigenvalue weighted by molar-refractivity contribution is -0.116. The zero-order chi connectivity index (χ0) is 17.6. The summed E-state index contributed by atoms with van der Waals surface area (Å²) in [7, 11) is 0. The van der Waals surface area contributed by atoms with Crippen LogP contribution in [0.2, 0.25) is 0 Å². The van der Waals surface area contributed by atoms with Gasteiger partial charge in [0.15, 0.2) is 0 Å². The van der Waals surface area contributed by atoms with Gasteiger partial charge < -0.3 is 10.4 Å². The molecule has 0 radical (unpaired) electrons. The van der Waals surface area contributed by atoms with E-state index >= 15 is 0 Å². The number of benzene rings is 1. The first-order valence-electron chi connectivity index (χ1n) is 9.30. The van der Waals surface area contributed by atoms with Crippen LogP contribution in [0.4, 0.5) is 10.1 Å². The molecule has 0 saturated carbocycles. The molecule has 25 heavy (non-hydrogen) atoms. The van der Waals surface area contributed by atoms with Crippen LogP contribution in [-0.4, -0.2) is 65.7 Å². The van der Waals surface area contributed by atoms with E-state index in [-0.39, 0.29) is 18.3 Å². The van der Waals surface area contributed by atoms with Gasteiger partial charge in [-0.15, -0.1) is 0 Å². The third-order valence-corrected chi connectivity index (χ3v) is 5.39. The Morgan fingerprint density at radius 1 is 1.20 bits per heavy atom. The summed E-state index contributed by atoms with van der Waals surface area (Å²) in [6, 6.07) is 6.76. The summed E-state index contributed by atoms with van der Waals surface area (Å²) in [5, 5.41) is 12.2. The standard InChI is InChI=1S/C19H28FN3O2/c20-15-4-1-5-16(12-15)21-19(25)8-11-22-9-2-6-17(22)13-23-10-3-7-18(23)14-24/h1,4-5,12,17-18,24H,2-3,6-11,13-14H2,(H,21,25). The van der Waals surface area contributed by atoms with Gasteiger partial charge in [0.1, 0.15) is 5.82 Å². The highest BCUT2D eigenvalue weighted by Gasteiger charge is 2.31. The van der Waals surface area contributed by atoms with Crippen LogP contribution in [0, 0.1) is 5.82 Å². The summed E-state index contributed by atoms with van der Waals surface area (Å²) in [5.74, 6) is -0.424. The quantitative estimate of drug-likeness (QED) is 0.791. The number of likely N-dealkylation sites (tertiary alicyclic amines) is 2. The molecular formula is C19H28FN3O2. The maximum Gasteiger partial charge on any atom is 0.225 e. The summed E-state index contributed by atoms with van der Waals surface area (Å²) in [5.41, 5.74) is 0.505. The fourth-order valence-corrected chi connectivity index (χ4v) is 4.04. The van der Waals surface area contributed by atoms with Gasteiger partial charge in [-0.2, -0.15) is 0 Å². The van der Waals surface area contributed by atoms with E-state index in [1.54, 1.807) is 12.1 Å². The second-order valence-corrected chi connectivity index (χ2v) is 7.11. The van der Waals surface area contributed by atoms with Crippen molar-refractivity contribution in [3.63, 3.8) is 0 Å². The van der Waals surface area contributed by atoms with Gasteiger partial charge in [-0.25, -0.2) is 4.39 Å². The highest BCUT2D eigenvalue weighted by Crippen LogP contribution is 2.23. The average Bonchev–Trinajstić information content (AvgIpc) is 3.22. The number of anilines is 1. The van der Waals surface area contributed by atoms with Crippen molar-refractivity contribution in [3.8, 4) is 0 Å². The molecule has 0 aliphatic carbocycles. The van der Waals surface area contributed by atoms with Crippen LogP contribution in [0.5, 0.6) is 0 Å². The average molecular weight is 349 g/mol. The molecule has 1 amide bonds. The van der Waals surface area contributed by atoms with Crippen molar-refractivity contribution in [1.82, 2.24) is 9.80 Å². The van der Waals surface area contributed by atoms with Crippen molar-refractivity contribution < 1.29 is 14.3 Å². The number of aliphatic hydroxyl groups excluding tert-OH is 1. The Hall–Kier alpha value is -1.50. The SMILES string of the molecule is O=C(CCN1CCCC1CN1CCCC1CO)Nc1cccc(F)c1. The van der Waals surface area contributed by atoms with E-state index < -0.39 is 0 Å². The predicted octanol–water partition coefficient (Wildman–Crippen LogP) is 2.08. The van der Waals surface area contributed by atoms with Crippen LogP contribution < -0.4 is 5.32 Å². The van der Waals surface area contributed by atoms with Gasteiger partial charge >= 0.3 is 0 Å². The van der Waals surface area contributed by atoms with Crippen LogP contribution in [0.25, 0.3) is 0 Å². The number of rotatable bonds is 7. The van der Waals surface area contributed by atoms with Gasteiger partial charge in [0.05, 0.1) is 6.61 Å². The van der Waals surface area contributed by atoms with Gasteiger partial charge in [-0.1, -0.05) is 6.07 Å². The highest BCUT2D eigenvalue weighted by atomic mass is 19.1. The first-order chi connectivity index (χ1) is 12.2. The van der Waals surface area contributed by atoms with Crippen LogP contribution in [0.1, 0.15) is 32.1 Å². The molecule has 138 valence electrons. The molecule has 2 aliphatic rings. The largest absolute Gasteiger partial charge is 0.395 e. The number of hydrogen-bond acceptors (Lipinski definition) is 4. The fraction of sp³-hybridized carbons (Fsp3) is 0.632. The van der Waals surface area contributed by atoms with Crippen LogP contribution in [-0.2, 0) is 4.79 Å². The molecule has 6 heteroatoms. The highest BCUT2D eigenvalue weighted by molar-refractivity contribution is 5.90. The predicted molar refractivity (Wildman–Crippen MR) is 95.9 cm³/mol. The van der Waals surface area contributed by atoms with Crippen molar-refractivity contribution >= 4 is 11.6 Å². The first kappa shape index (κ1) is 18.3. The van der Waals surface area contributed by atoms with E-state index in [4.69, 9.17) is 0 Å². The number of carbonyl (C=O) groups excluding carboxylic acids is 1. The summed E-state index contributed by atoms with van der Waals surface area (Å²) in [6.45, 7) is 4.04. The molecule has 2 aliphatic heterocycles. The Morgan fingerprint density at radius 2 is 1.96 bits per heavy atom. The zero-order valence-electron chi connectivity index (χ0n) is 14.7. The maximum atomic E-state index is 13.2. The molecule has 2 N–H and O–H groups in total.